The molecule has 3 rings (SSSR count). The van der Waals surface area contributed by atoms with E-state index in [4.69, 9.17) is 10.5 Å². The van der Waals surface area contributed by atoms with Crippen LogP contribution in [-0.4, -0.2) is 17.7 Å². The minimum Gasteiger partial charge on any atom is -0.371 e. The van der Waals surface area contributed by atoms with Gasteiger partial charge in [-0.1, -0.05) is 0 Å². The van der Waals surface area contributed by atoms with Gasteiger partial charge in [0.15, 0.2) is 0 Å². The summed E-state index contributed by atoms with van der Waals surface area (Å²) in [5.41, 5.74) is 6.19. The van der Waals surface area contributed by atoms with Crippen molar-refractivity contribution in [1.82, 2.24) is 0 Å². The first-order valence-electron chi connectivity index (χ1n) is 5.12. The Balaban J connectivity index is 1.93. The topological polar surface area (TPSA) is 35.2 Å². The van der Waals surface area contributed by atoms with Gasteiger partial charge in [0, 0.05) is 6.04 Å². The Hall–Kier alpha value is -0.0800. The molecule has 3 aliphatic rings. The van der Waals surface area contributed by atoms with Crippen molar-refractivity contribution in [3.63, 3.8) is 0 Å². The van der Waals surface area contributed by atoms with E-state index >= 15 is 0 Å². The van der Waals surface area contributed by atoms with Crippen LogP contribution in [0.25, 0.3) is 0 Å². The lowest BCUT2D eigenvalue weighted by molar-refractivity contribution is 0.00211. The van der Waals surface area contributed by atoms with Crippen molar-refractivity contribution in [3.8, 4) is 0 Å². The molecule has 12 heavy (non-hydrogen) atoms. The molecule has 1 aliphatic carbocycles. The lowest BCUT2D eigenvalue weighted by Gasteiger charge is -2.28. The van der Waals surface area contributed by atoms with E-state index in [-0.39, 0.29) is 5.60 Å². The molecule has 2 heterocycles. The van der Waals surface area contributed by atoms with Gasteiger partial charge in [-0.3, -0.25) is 0 Å². The summed E-state index contributed by atoms with van der Waals surface area (Å²) in [4.78, 5) is 0. The Morgan fingerprint density at radius 3 is 3.00 bits per heavy atom. The van der Waals surface area contributed by atoms with Crippen LogP contribution in [0, 0.1) is 11.8 Å². The first-order valence-corrected chi connectivity index (χ1v) is 5.12. The molecule has 2 N–H and O–H groups in total. The second-order valence-electron chi connectivity index (χ2n) is 5.01. The van der Waals surface area contributed by atoms with Gasteiger partial charge in [0.25, 0.3) is 0 Å². The lowest BCUT2D eigenvalue weighted by Crippen LogP contribution is -2.32. The normalized spacial score (nSPS) is 62.5. The van der Waals surface area contributed by atoms with Gasteiger partial charge in [-0.15, -0.1) is 0 Å². The minimum atomic E-state index is 0.212. The van der Waals surface area contributed by atoms with Crippen LogP contribution in [0.3, 0.4) is 0 Å². The molecule has 0 aromatic heterocycles. The number of hydrogen-bond acceptors (Lipinski definition) is 2. The first kappa shape index (κ1) is 7.34. The molecular weight excluding hydrogens is 150 g/mol. The van der Waals surface area contributed by atoms with Crippen LogP contribution in [0.4, 0.5) is 0 Å². The Morgan fingerprint density at radius 2 is 2.25 bits per heavy atom. The fraction of sp³-hybridized carbons (Fsp3) is 1.00. The van der Waals surface area contributed by atoms with Gasteiger partial charge in [0.2, 0.25) is 0 Å². The second kappa shape index (κ2) is 2.05. The number of fused-ring (bicyclic) bond motifs is 5. The number of nitrogens with two attached hydrogens (primary N) is 1. The van der Waals surface area contributed by atoms with Gasteiger partial charge in [-0.2, -0.15) is 0 Å². The third kappa shape index (κ3) is 0.728. The van der Waals surface area contributed by atoms with Crippen molar-refractivity contribution in [2.75, 3.05) is 0 Å². The van der Waals surface area contributed by atoms with Gasteiger partial charge in [0.05, 0.1) is 11.7 Å². The third-order valence-electron chi connectivity index (χ3n) is 4.26. The summed E-state index contributed by atoms with van der Waals surface area (Å²) in [5.74, 6) is 1.59. The van der Waals surface area contributed by atoms with Gasteiger partial charge in [-0.05, 0) is 44.4 Å². The van der Waals surface area contributed by atoms with E-state index in [1.54, 1.807) is 0 Å². The number of hydrogen-bond donors (Lipinski definition) is 1. The van der Waals surface area contributed by atoms with Crippen molar-refractivity contribution in [2.45, 2.75) is 50.4 Å². The maximum Gasteiger partial charge on any atom is 0.0691 e. The maximum absolute atomic E-state index is 6.02. The van der Waals surface area contributed by atoms with Crippen LogP contribution in [0.1, 0.15) is 32.6 Å². The quantitative estimate of drug-likeness (QED) is 0.590. The van der Waals surface area contributed by atoms with Crippen LogP contribution in [0.5, 0.6) is 0 Å². The molecule has 0 aromatic rings. The average Bonchev–Trinajstić information content (AvgIpc) is 2.57. The van der Waals surface area contributed by atoms with Gasteiger partial charge < -0.3 is 10.5 Å². The van der Waals surface area contributed by atoms with Gasteiger partial charge >= 0.3 is 0 Å². The summed E-state index contributed by atoms with van der Waals surface area (Å²) in [6.45, 7) is 2.29. The summed E-state index contributed by atoms with van der Waals surface area (Å²) >= 11 is 0. The molecule has 2 saturated heterocycles. The highest BCUT2D eigenvalue weighted by Crippen LogP contribution is 2.57. The Bertz CT molecular complexity index is 218. The summed E-state index contributed by atoms with van der Waals surface area (Å²) in [7, 11) is 0. The van der Waals surface area contributed by atoms with Crippen molar-refractivity contribution < 1.29 is 4.74 Å². The summed E-state index contributed by atoms with van der Waals surface area (Å²) in [6.07, 6.45) is 5.53. The monoisotopic (exact) mass is 167 g/mol. The molecule has 0 aromatic carbocycles. The highest BCUT2D eigenvalue weighted by atomic mass is 16.5. The van der Waals surface area contributed by atoms with Crippen LogP contribution >= 0.6 is 0 Å². The van der Waals surface area contributed by atoms with Crippen molar-refractivity contribution in [3.05, 3.63) is 0 Å². The predicted molar refractivity (Wildman–Crippen MR) is 46.7 cm³/mol. The average molecular weight is 167 g/mol. The summed E-state index contributed by atoms with van der Waals surface area (Å²) in [6, 6.07) is 0.462. The van der Waals surface area contributed by atoms with Crippen LogP contribution < -0.4 is 5.73 Å². The maximum atomic E-state index is 6.02. The molecule has 5 atom stereocenters. The summed E-state index contributed by atoms with van der Waals surface area (Å²) < 4.78 is 6.02. The molecule has 0 radical (unpaired) electrons. The van der Waals surface area contributed by atoms with Gasteiger partial charge in [0.1, 0.15) is 0 Å². The van der Waals surface area contributed by atoms with Crippen LogP contribution in [0.2, 0.25) is 0 Å². The smallest absolute Gasteiger partial charge is 0.0691 e. The molecule has 0 amide bonds. The van der Waals surface area contributed by atoms with Crippen LogP contribution in [0.15, 0.2) is 0 Å². The summed E-state index contributed by atoms with van der Waals surface area (Å²) in [5, 5.41) is 0. The van der Waals surface area contributed by atoms with E-state index in [1.165, 1.54) is 25.7 Å². The Labute approximate surface area is 73.5 Å². The molecule has 0 spiro atoms. The highest BCUT2D eigenvalue weighted by Gasteiger charge is 2.59. The molecule has 3 fully saturated rings. The van der Waals surface area contributed by atoms with E-state index in [0.717, 1.165) is 11.8 Å². The van der Waals surface area contributed by atoms with E-state index in [9.17, 15) is 0 Å². The zero-order valence-corrected chi connectivity index (χ0v) is 7.62. The molecule has 2 bridgehead atoms. The fourth-order valence-electron chi connectivity index (χ4n) is 3.69. The molecular formula is C10H17NO. The van der Waals surface area contributed by atoms with Crippen molar-refractivity contribution in [2.24, 2.45) is 17.6 Å². The molecule has 1 saturated carbocycles. The zero-order chi connectivity index (χ0) is 8.34. The molecule has 2 aliphatic heterocycles. The largest absolute Gasteiger partial charge is 0.371 e. The van der Waals surface area contributed by atoms with E-state index in [1.807, 2.05) is 0 Å². The van der Waals surface area contributed by atoms with Gasteiger partial charge in [-0.25, -0.2) is 0 Å². The predicted octanol–water partition coefficient (Wildman–Crippen LogP) is 1.29. The fourth-order valence-corrected chi connectivity index (χ4v) is 3.69. The Kier molecular flexibility index (Phi) is 1.25. The SMILES string of the molecule is CC12CCC(O1)C1CC(N)CC12. The number of rotatable bonds is 0. The van der Waals surface area contributed by atoms with Crippen molar-refractivity contribution in [1.29, 1.82) is 0 Å². The first-order chi connectivity index (χ1) is 5.69. The zero-order valence-electron chi connectivity index (χ0n) is 7.62. The molecule has 5 unspecified atom stereocenters. The van der Waals surface area contributed by atoms with E-state index in [0.29, 0.717) is 12.1 Å². The third-order valence-corrected chi connectivity index (χ3v) is 4.26. The lowest BCUT2D eigenvalue weighted by atomic mass is 9.74. The van der Waals surface area contributed by atoms with Crippen molar-refractivity contribution >= 4 is 0 Å². The molecule has 68 valence electrons. The Morgan fingerprint density at radius 1 is 1.42 bits per heavy atom. The van der Waals surface area contributed by atoms with E-state index in [2.05, 4.69) is 6.92 Å². The standard InChI is InChI=1S/C10H17NO/c1-10-3-2-9(12-10)7-4-6(11)5-8(7)10/h6-9H,2-5,11H2,1H3. The highest BCUT2D eigenvalue weighted by molar-refractivity contribution is 5.08. The van der Waals surface area contributed by atoms with E-state index < -0.39 is 0 Å². The molecule has 2 heteroatoms. The van der Waals surface area contributed by atoms with Crippen LogP contribution in [-0.2, 0) is 4.74 Å². The molecule has 2 nitrogen and oxygen atoms in total. The number of ether oxygens (including phenoxy) is 1. The minimum absolute atomic E-state index is 0.212. The second-order valence-corrected chi connectivity index (χ2v) is 5.01.